The van der Waals surface area contributed by atoms with Crippen LogP contribution in [0, 0.1) is 12.7 Å². The van der Waals surface area contributed by atoms with E-state index < -0.39 is 0 Å². The van der Waals surface area contributed by atoms with Crippen LogP contribution in [-0.2, 0) is 0 Å². The molecule has 0 spiro atoms. The molecule has 1 fully saturated rings. The Bertz CT molecular complexity index is 937. The van der Waals surface area contributed by atoms with E-state index in [1.165, 1.54) is 12.1 Å². The Morgan fingerprint density at radius 3 is 2.67 bits per heavy atom. The number of hydrogen-bond acceptors (Lipinski definition) is 4. The Kier molecular flexibility index (Phi) is 4.58. The zero-order valence-electron chi connectivity index (χ0n) is 14.9. The summed E-state index contributed by atoms with van der Waals surface area (Å²) in [6.45, 7) is 2.62. The minimum Gasteiger partial charge on any atom is -0.337 e. The highest BCUT2D eigenvalue weighted by molar-refractivity contribution is 5.89. The number of nitrogens with one attached hydrogen (secondary N) is 1. The van der Waals surface area contributed by atoms with Crippen LogP contribution in [0.5, 0.6) is 0 Å². The largest absolute Gasteiger partial charge is 0.337 e. The normalized spacial score (nSPS) is 16.5. The molecule has 0 aliphatic carbocycles. The maximum absolute atomic E-state index is 13.1. The van der Waals surface area contributed by atoms with E-state index in [0.29, 0.717) is 23.8 Å². The molecule has 1 aliphatic rings. The third-order valence-electron chi connectivity index (χ3n) is 4.65. The Hall–Kier alpha value is -3.22. The van der Waals surface area contributed by atoms with Crippen LogP contribution >= 0.6 is 0 Å². The van der Waals surface area contributed by atoms with Gasteiger partial charge < -0.3 is 14.7 Å². The Morgan fingerprint density at radius 1 is 1.19 bits per heavy atom. The van der Waals surface area contributed by atoms with E-state index >= 15 is 0 Å². The van der Waals surface area contributed by atoms with Gasteiger partial charge >= 0.3 is 6.03 Å². The molecular weight excluding hydrogens is 347 g/mol. The molecule has 1 saturated heterocycles. The molecule has 0 bridgehead atoms. The summed E-state index contributed by atoms with van der Waals surface area (Å²) >= 11 is 0. The summed E-state index contributed by atoms with van der Waals surface area (Å²) in [5.41, 5.74) is 2.54. The van der Waals surface area contributed by atoms with Crippen molar-refractivity contribution in [1.29, 1.82) is 0 Å². The number of amides is 2. The van der Waals surface area contributed by atoms with Crippen LogP contribution in [0.25, 0.3) is 11.4 Å². The van der Waals surface area contributed by atoms with Gasteiger partial charge in [-0.15, -0.1) is 0 Å². The molecule has 4 rings (SSSR count). The molecule has 0 saturated carbocycles. The number of halogens is 1. The number of anilines is 1. The fourth-order valence-corrected chi connectivity index (χ4v) is 3.19. The second-order valence-electron chi connectivity index (χ2n) is 6.61. The van der Waals surface area contributed by atoms with Crippen molar-refractivity contribution in [3.8, 4) is 11.4 Å². The minimum absolute atomic E-state index is 0.192. The quantitative estimate of drug-likeness (QED) is 0.738. The summed E-state index contributed by atoms with van der Waals surface area (Å²) in [4.78, 5) is 18.8. The molecule has 1 N–H and O–H groups in total. The van der Waals surface area contributed by atoms with Gasteiger partial charge in [0.1, 0.15) is 11.9 Å². The first-order valence-electron chi connectivity index (χ1n) is 8.84. The molecule has 1 atom stereocenters. The van der Waals surface area contributed by atoms with Crippen molar-refractivity contribution in [3.05, 3.63) is 65.8 Å². The van der Waals surface area contributed by atoms with Gasteiger partial charge in [-0.1, -0.05) is 22.9 Å². The molecule has 138 valence electrons. The lowest BCUT2D eigenvalue weighted by Crippen LogP contribution is -2.34. The van der Waals surface area contributed by atoms with Crippen molar-refractivity contribution < 1.29 is 13.7 Å². The van der Waals surface area contributed by atoms with Crippen LogP contribution in [0.1, 0.15) is 30.3 Å². The van der Waals surface area contributed by atoms with Crippen LogP contribution in [0.2, 0.25) is 0 Å². The smallest absolute Gasteiger partial charge is 0.322 e. The van der Waals surface area contributed by atoms with E-state index in [9.17, 15) is 9.18 Å². The van der Waals surface area contributed by atoms with E-state index in [2.05, 4.69) is 15.5 Å². The maximum Gasteiger partial charge on any atom is 0.322 e. The zero-order valence-corrected chi connectivity index (χ0v) is 14.9. The van der Waals surface area contributed by atoms with Crippen LogP contribution < -0.4 is 5.32 Å². The number of carbonyl (C=O) groups is 1. The van der Waals surface area contributed by atoms with Crippen LogP contribution in [0.4, 0.5) is 14.9 Å². The van der Waals surface area contributed by atoms with Gasteiger partial charge in [-0.05, 0) is 56.2 Å². The Morgan fingerprint density at radius 2 is 1.93 bits per heavy atom. The SMILES string of the molecule is Cc1ccc(NC(=O)N2CCCC2c2nc(-c3ccc(F)cc3)no2)cc1. The number of aryl methyl sites for hydroxylation is 1. The first-order chi connectivity index (χ1) is 13.1. The first kappa shape index (κ1) is 17.2. The van der Waals surface area contributed by atoms with Gasteiger partial charge in [-0.2, -0.15) is 4.98 Å². The predicted octanol–water partition coefficient (Wildman–Crippen LogP) is 4.55. The Labute approximate surface area is 156 Å². The van der Waals surface area contributed by atoms with Crippen molar-refractivity contribution in [2.75, 3.05) is 11.9 Å². The molecule has 7 heteroatoms. The highest BCUT2D eigenvalue weighted by atomic mass is 19.1. The van der Waals surface area contributed by atoms with Gasteiger partial charge in [0.15, 0.2) is 0 Å². The average molecular weight is 366 g/mol. The molecule has 0 radical (unpaired) electrons. The molecule has 2 amide bonds. The molecule has 1 aliphatic heterocycles. The van der Waals surface area contributed by atoms with Crippen molar-refractivity contribution in [2.45, 2.75) is 25.8 Å². The number of carbonyl (C=O) groups excluding carboxylic acids is 1. The number of nitrogens with zero attached hydrogens (tertiary/aromatic N) is 3. The second kappa shape index (κ2) is 7.19. The summed E-state index contributed by atoms with van der Waals surface area (Å²) in [5, 5.41) is 6.89. The topological polar surface area (TPSA) is 71.3 Å². The molecule has 6 nitrogen and oxygen atoms in total. The molecular formula is C20H19FN4O2. The summed E-state index contributed by atoms with van der Waals surface area (Å²) in [5.74, 6) is 0.457. The van der Waals surface area contributed by atoms with Crippen molar-refractivity contribution >= 4 is 11.7 Å². The van der Waals surface area contributed by atoms with Crippen molar-refractivity contribution in [1.82, 2.24) is 15.0 Å². The fraction of sp³-hybridized carbons (Fsp3) is 0.250. The van der Waals surface area contributed by atoms with Gasteiger partial charge in [0.25, 0.3) is 0 Å². The summed E-state index contributed by atoms with van der Waals surface area (Å²) in [6.07, 6.45) is 1.62. The zero-order chi connectivity index (χ0) is 18.8. The third-order valence-corrected chi connectivity index (χ3v) is 4.65. The van der Waals surface area contributed by atoms with Crippen molar-refractivity contribution in [3.63, 3.8) is 0 Å². The first-order valence-corrected chi connectivity index (χ1v) is 8.84. The van der Waals surface area contributed by atoms with Crippen LogP contribution in [-0.4, -0.2) is 27.6 Å². The van der Waals surface area contributed by atoms with Gasteiger partial charge in [0.2, 0.25) is 11.7 Å². The lowest BCUT2D eigenvalue weighted by atomic mass is 10.2. The molecule has 3 aromatic rings. The summed E-state index contributed by atoms with van der Waals surface area (Å²) in [6, 6.07) is 13.1. The predicted molar refractivity (Wildman–Crippen MR) is 98.6 cm³/mol. The van der Waals surface area contributed by atoms with E-state index in [4.69, 9.17) is 4.52 Å². The molecule has 2 aromatic carbocycles. The molecule has 1 aromatic heterocycles. The number of likely N-dealkylation sites (tertiary alicyclic amines) is 1. The summed E-state index contributed by atoms with van der Waals surface area (Å²) in [7, 11) is 0. The highest BCUT2D eigenvalue weighted by Gasteiger charge is 2.34. The third kappa shape index (κ3) is 3.67. The number of aromatic nitrogens is 2. The minimum atomic E-state index is -0.322. The van der Waals surface area contributed by atoms with Crippen LogP contribution in [0.15, 0.2) is 53.1 Å². The molecule has 27 heavy (non-hydrogen) atoms. The average Bonchev–Trinajstić information content (AvgIpc) is 3.33. The van der Waals surface area contributed by atoms with Crippen LogP contribution in [0.3, 0.4) is 0 Å². The fourth-order valence-electron chi connectivity index (χ4n) is 3.19. The van der Waals surface area contributed by atoms with Crippen molar-refractivity contribution in [2.24, 2.45) is 0 Å². The van der Waals surface area contributed by atoms with E-state index in [-0.39, 0.29) is 17.9 Å². The number of hydrogen-bond donors (Lipinski definition) is 1. The van der Waals surface area contributed by atoms with Gasteiger partial charge in [0.05, 0.1) is 0 Å². The van der Waals surface area contributed by atoms with Gasteiger partial charge in [-0.25, -0.2) is 9.18 Å². The summed E-state index contributed by atoms with van der Waals surface area (Å²) < 4.78 is 18.5. The highest BCUT2D eigenvalue weighted by Crippen LogP contribution is 2.32. The number of benzene rings is 2. The lowest BCUT2D eigenvalue weighted by molar-refractivity contribution is 0.193. The second-order valence-corrected chi connectivity index (χ2v) is 6.61. The standard InChI is InChI=1S/C20H19FN4O2/c1-13-4-10-16(11-5-13)22-20(26)25-12-2-3-17(25)19-23-18(24-27-19)14-6-8-15(21)9-7-14/h4-11,17H,2-3,12H2,1H3,(H,22,26). The number of rotatable bonds is 3. The maximum atomic E-state index is 13.1. The van der Waals surface area contributed by atoms with E-state index in [1.807, 2.05) is 31.2 Å². The lowest BCUT2D eigenvalue weighted by Gasteiger charge is -2.22. The Balaban J connectivity index is 1.50. The van der Waals surface area contributed by atoms with E-state index in [0.717, 1.165) is 24.1 Å². The molecule has 2 heterocycles. The van der Waals surface area contributed by atoms with E-state index in [1.54, 1.807) is 17.0 Å². The number of urea groups is 1. The monoisotopic (exact) mass is 366 g/mol. The molecule has 1 unspecified atom stereocenters. The van der Waals surface area contributed by atoms with Gasteiger partial charge in [-0.3, -0.25) is 0 Å². The van der Waals surface area contributed by atoms with Gasteiger partial charge in [0, 0.05) is 17.8 Å².